The molecule has 0 saturated carbocycles. The first-order chi connectivity index (χ1) is 7.15. The summed E-state index contributed by atoms with van der Waals surface area (Å²) in [4.78, 5) is 11.5. The molecule has 0 aliphatic heterocycles. The van der Waals surface area contributed by atoms with Crippen molar-refractivity contribution in [2.75, 3.05) is 7.11 Å². The van der Waals surface area contributed by atoms with Crippen LogP contribution in [0.5, 0.6) is 5.75 Å². The third-order valence-electron chi connectivity index (χ3n) is 2.37. The standard InChI is InChI=1S/C11H12N2O2/c1-7-10(8(2)14)11-9(15-3)5-4-6-13(11)12-7/h4-6H,1-3H3. The Kier molecular flexibility index (Phi) is 2.19. The van der Waals surface area contributed by atoms with Crippen molar-refractivity contribution >= 4 is 11.3 Å². The Balaban J connectivity index is 2.88. The number of carbonyl (C=O) groups excluding carboxylic acids is 1. The molecule has 0 unspecified atom stereocenters. The Bertz CT molecular complexity index is 529. The van der Waals surface area contributed by atoms with Crippen LogP contribution in [0, 0.1) is 6.92 Å². The molecule has 0 radical (unpaired) electrons. The molecule has 0 aliphatic carbocycles. The van der Waals surface area contributed by atoms with Crippen molar-refractivity contribution < 1.29 is 9.53 Å². The quantitative estimate of drug-likeness (QED) is 0.701. The first-order valence-corrected chi connectivity index (χ1v) is 4.68. The maximum Gasteiger partial charge on any atom is 0.164 e. The number of pyridine rings is 1. The molecule has 0 saturated heterocycles. The fraction of sp³-hybridized carbons (Fsp3) is 0.273. The predicted molar refractivity (Wildman–Crippen MR) is 56.5 cm³/mol. The zero-order valence-electron chi connectivity index (χ0n) is 8.94. The lowest BCUT2D eigenvalue weighted by Gasteiger charge is -2.02. The lowest BCUT2D eigenvalue weighted by Crippen LogP contribution is -1.96. The van der Waals surface area contributed by atoms with Gasteiger partial charge in [-0.05, 0) is 26.0 Å². The lowest BCUT2D eigenvalue weighted by atomic mass is 10.1. The van der Waals surface area contributed by atoms with Crippen molar-refractivity contribution in [2.45, 2.75) is 13.8 Å². The molecule has 0 amide bonds. The van der Waals surface area contributed by atoms with Crippen LogP contribution in [0.25, 0.3) is 5.52 Å². The van der Waals surface area contributed by atoms with Crippen LogP contribution in [0.3, 0.4) is 0 Å². The smallest absolute Gasteiger partial charge is 0.164 e. The minimum absolute atomic E-state index is 0.00648. The van der Waals surface area contributed by atoms with Gasteiger partial charge < -0.3 is 4.74 Å². The van der Waals surface area contributed by atoms with E-state index in [0.29, 0.717) is 11.3 Å². The number of aromatic nitrogens is 2. The van der Waals surface area contributed by atoms with Crippen LogP contribution in [0.15, 0.2) is 18.3 Å². The van der Waals surface area contributed by atoms with E-state index < -0.39 is 0 Å². The first kappa shape index (κ1) is 9.71. The number of hydrogen-bond donors (Lipinski definition) is 0. The van der Waals surface area contributed by atoms with Crippen LogP contribution >= 0.6 is 0 Å². The zero-order valence-corrected chi connectivity index (χ0v) is 8.94. The highest BCUT2D eigenvalue weighted by Gasteiger charge is 2.16. The molecule has 4 nitrogen and oxygen atoms in total. The minimum atomic E-state index is 0.00648. The number of aryl methyl sites for hydroxylation is 1. The van der Waals surface area contributed by atoms with Crippen molar-refractivity contribution in [3.63, 3.8) is 0 Å². The van der Waals surface area contributed by atoms with Gasteiger partial charge in [0.2, 0.25) is 0 Å². The SMILES string of the molecule is COc1cccn2nc(C)c(C(C)=O)c12. The van der Waals surface area contributed by atoms with Gasteiger partial charge in [-0.15, -0.1) is 0 Å². The van der Waals surface area contributed by atoms with Gasteiger partial charge in [-0.2, -0.15) is 5.10 Å². The average Bonchev–Trinajstić information content (AvgIpc) is 2.53. The molecule has 4 heteroatoms. The van der Waals surface area contributed by atoms with E-state index in [1.54, 1.807) is 17.8 Å². The topological polar surface area (TPSA) is 43.6 Å². The van der Waals surface area contributed by atoms with Crippen molar-refractivity contribution in [1.29, 1.82) is 0 Å². The second-order valence-electron chi connectivity index (χ2n) is 3.39. The fourth-order valence-corrected chi connectivity index (χ4v) is 1.77. The molecular weight excluding hydrogens is 192 g/mol. The highest BCUT2D eigenvalue weighted by molar-refractivity contribution is 6.03. The molecule has 0 bridgehead atoms. The molecule has 0 spiro atoms. The summed E-state index contributed by atoms with van der Waals surface area (Å²) in [5.41, 5.74) is 2.10. The van der Waals surface area contributed by atoms with E-state index in [2.05, 4.69) is 5.10 Å². The number of methoxy groups -OCH3 is 1. The van der Waals surface area contributed by atoms with Crippen molar-refractivity contribution in [1.82, 2.24) is 9.61 Å². The third kappa shape index (κ3) is 1.38. The molecule has 15 heavy (non-hydrogen) atoms. The average molecular weight is 204 g/mol. The van der Waals surface area contributed by atoms with E-state index in [9.17, 15) is 4.79 Å². The van der Waals surface area contributed by atoms with Crippen LogP contribution in [-0.2, 0) is 0 Å². The fourth-order valence-electron chi connectivity index (χ4n) is 1.77. The zero-order chi connectivity index (χ0) is 11.0. The second kappa shape index (κ2) is 3.38. The molecular formula is C11H12N2O2. The molecule has 2 aromatic heterocycles. The van der Waals surface area contributed by atoms with E-state index in [1.807, 2.05) is 19.1 Å². The number of nitrogens with zero attached hydrogens (tertiary/aromatic N) is 2. The summed E-state index contributed by atoms with van der Waals surface area (Å²) in [6.07, 6.45) is 1.80. The monoisotopic (exact) mass is 204 g/mol. The van der Waals surface area contributed by atoms with E-state index in [4.69, 9.17) is 4.74 Å². The minimum Gasteiger partial charge on any atom is -0.494 e. The van der Waals surface area contributed by atoms with E-state index in [1.165, 1.54) is 6.92 Å². The maximum absolute atomic E-state index is 11.5. The van der Waals surface area contributed by atoms with Crippen molar-refractivity contribution in [3.8, 4) is 5.75 Å². The summed E-state index contributed by atoms with van der Waals surface area (Å²) in [6, 6.07) is 3.66. The van der Waals surface area contributed by atoms with Gasteiger partial charge in [0.25, 0.3) is 0 Å². The summed E-state index contributed by atoms with van der Waals surface area (Å²) in [5.74, 6) is 0.676. The van der Waals surface area contributed by atoms with Crippen LogP contribution in [0.1, 0.15) is 23.0 Å². The predicted octanol–water partition coefficient (Wildman–Crippen LogP) is 1.85. The number of hydrogen-bond acceptors (Lipinski definition) is 3. The Labute approximate surface area is 87.5 Å². The number of ketones is 1. The van der Waals surface area contributed by atoms with E-state index in [0.717, 1.165) is 11.2 Å². The molecule has 78 valence electrons. The summed E-state index contributed by atoms with van der Waals surface area (Å²) in [5, 5.41) is 4.26. The Morgan fingerprint density at radius 1 is 1.53 bits per heavy atom. The molecule has 0 atom stereocenters. The molecule has 2 rings (SSSR count). The Morgan fingerprint density at radius 3 is 2.87 bits per heavy atom. The maximum atomic E-state index is 11.5. The molecule has 2 aromatic rings. The first-order valence-electron chi connectivity index (χ1n) is 4.68. The molecule has 0 N–H and O–H groups in total. The molecule has 2 heterocycles. The Morgan fingerprint density at radius 2 is 2.27 bits per heavy atom. The van der Waals surface area contributed by atoms with E-state index in [-0.39, 0.29) is 5.78 Å². The van der Waals surface area contributed by atoms with Crippen LogP contribution in [0.2, 0.25) is 0 Å². The largest absolute Gasteiger partial charge is 0.494 e. The summed E-state index contributed by atoms with van der Waals surface area (Å²) >= 11 is 0. The summed E-state index contributed by atoms with van der Waals surface area (Å²) in [6.45, 7) is 3.36. The Hall–Kier alpha value is -1.84. The van der Waals surface area contributed by atoms with Gasteiger partial charge in [0.15, 0.2) is 5.78 Å². The molecule has 0 aliphatic rings. The number of ether oxygens (including phenoxy) is 1. The summed E-state index contributed by atoms with van der Waals surface area (Å²) in [7, 11) is 1.58. The highest BCUT2D eigenvalue weighted by Crippen LogP contribution is 2.25. The van der Waals surface area contributed by atoms with Gasteiger partial charge >= 0.3 is 0 Å². The van der Waals surface area contributed by atoms with Crippen LogP contribution < -0.4 is 4.74 Å². The van der Waals surface area contributed by atoms with Crippen molar-refractivity contribution in [2.24, 2.45) is 0 Å². The van der Waals surface area contributed by atoms with Crippen LogP contribution in [-0.4, -0.2) is 22.5 Å². The van der Waals surface area contributed by atoms with E-state index >= 15 is 0 Å². The third-order valence-corrected chi connectivity index (χ3v) is 2.37. The number of carbonyl (C=O) groups is 1. The van der Waals surface area contributed by atoms with Gasteiger partial charge in [0.1, 0.15) is 11.3 Å². The normalized spacial score (nSPS) is 10.6. The number of fused-ring (bicyclic) bond motifs is 1. The highest BCUT2D eigenvalue weighted by atomic mass is 16.5. The molecule has 0 fully saturated rings. The van der Waals surface area contributed by atoms with Gasteiger partial charge in [-0.1, -0.05) is 0 Å². The van der Waals surface area contributed by atoms with Gasteiger partial charge in [-0.25, -0.2) is 4.52 Å². The number of Topliss-reactive ketones (excluding diaryl/α,β-unsaturated/α-hetero) is 1. The van der Waals surface area contributed by atoms with Gasteiger partial charge in [-0.3, -0.25) is 4.79 Å². The van der Waals surface area contributed by atoms with Gasteiger partial charge in [0.05, 0.1) is 18.4 Å². The number of rotatable bonds is 2. The van der Waals surface area contributed by atoms with Gasteiger partial charge in [0, 0.05) is 6.20 Å². The lowest BCUT2D eigenvalue weighted by molar-refractivity contribution is 0.101. The van der Waals surface area contributed by atoms with Crippen LogP contribution in [0.4, 0.5) is 0 Å². The summed E-state index contributed by atoms with van der Waals surface area (Å²) < 4.78 is 6.89. The molecule has 0 aromatic carbocycles. The van der Waals surface area contributed by atoms with Crippen molar-refractivity contribution in [3.05, 3.63) is 29.6 Å². The second-order valence-corrected chi connectivity index (χ2v) is 3.39.